The van der Waals surface area contributed by atoms with Gasteiger partial charge in [-0.3, -0.25) is 4.79 Å². The molecule has 2 aromatic rings. The number of ether oxygens (including phenoxy) is 1. The number of benzene rings is 2. The van der Waals surface area contributed by atoms with Crippen molar-refractivity contribution < 1.29 is 9.53 Å². The van der Waals surface area contributed by atoms with Gasteiger partial charge in [0.1, 0.15) is 5.75 Å². The third-order valence-electron chi connectivity index (χ3n) is 4.17. The first-order chi connectivity index (χ1) is 11.1. The maximum atomic E-state index is 12.6. The molecule has 4 nitrogen and oxygen atoms in total. The van der Waals surface area contributed by atoms with Crippen LogP contribution in [0.4, 0.5) is 0 Å². The average Bonchev–Trinajstić information content (AvgIpc) is 2.99. The number of rotatable bonds is 4. The average molecular weight is 331 g/mol. The topological polar surface area (TPSA) is 55.6 Å². The van der Waals surface area contributed by atoms with Gasteiger partial charge in [-0.25, -0.2) is 0 Å². The first-order valence-corrected chi connectivity index (χ1v) is 7.90. The largest absolute Gasteiger partial charge is 0.497 e. The van der Waals surface area contributed by atoms with Gasteiger partial charge in [-0.2, -0.15) is 0 Å². The zero-order valence-corrected chi connectivity index (χ0v) is 13.7. The number of fused-ring (bicyclic) bond motifs is 1. The lowest BCUT2D eigenvalue weighted by molar-refractivity contribution is -0.133. The summed E-state index contributed by atoms with van der Waals surface area (Å²) in [6, 6.07) is 12.9. The van der Waals surface area contributed by atoms with Gasteiger partial charge in [0.25, 0.3) is 0 Å². The van der Waals surface area contributed by atoms with Crippen LogP contribution < -0.4 is 10.5 Å². The summed E-state index contributed by atoms with van der Waals surface area (Å²) < 4.78 is 5.13. The van der Waals surface area contributed by atoms with Crippen molar-refractivity contribution in [2.75, 3.05) is 7.11 Å². The van der Waals surface area contributed by atoms with Gasteiger partial charge >= 0.3 is 0 Å². The van der Waals surface area contributed by atoms with Crippen LogP contribution in [0.2, 0.25) is 5.02 Å². The van der Waals surface area contributed by atoms with Crippen LogP contribution in [-0.2, 0) is 24.3 Å². The molecule has 0 aliphatic carbocycles. The monoisotopic (exact) mass is 330 g/mol. The second-order valence-electron chi connectivity index (χ2n) is 5.73. The molecule has 1 aliphatic rings. The van der Waals surface area contributed by atoms with Gasteiger partial charge in [-0.05, 0) is 35.2 Å². The number of hydrogen-bond acceptors (Lipinski definition) is 3. The lowest BCUT2D eigenvalue weighted by Gasteiger charge is -2.20. The van der Waals surface area contributed by atoms with Gasteiger partial charge in [-0.15, -0.1) is 0 Å². The first kappa shape index (κ1) is 15.8. The lowest BCUT2D eigenvalue weighted by Crippen LogP contribution is -2.42. The van der Waals surface area contributed by atoms with Crippen LogP contribution in [0, 0.1) is 0 Å². The summed E-state index contributed by atoms with van der Waals surface area (Å²) in [5.74, 6) is 0.640. The van der Waals surface area contributed by atoms with E-state index in [4.69, 9.17) is 22.1 Å². The van der Waals surface area contributed by atoms with E-state index in [1.165, 1.54) is 11.1 Å². The molecule has 1 aliphatic heterocycles. The van der Waals surface area contributed by atoms with Crippen molar-refractivity contribution in [1.82, 2.24) is 4.90 Å². The molecule has 1 atom stereocenters. The van der Waals surface area contributed by atoms with E-state index in [2.05, 4.69) is 12.1 Å². The van der Waals surface area contributed by atoms with Crippen molar-refractivity contribution in [3.05, 3.63) is 64.2 Å². The van der Waals surface area contributed by atoms with Crippen molar-refractivity contribution in [3.8, 4) is 5.75 Å². The molecule has 0 bridgehead atoms. The summed E-state index contributed by atoms with van der Waals surface area (Å²) in [7, 11) is 1.59. The fourth-order valence-electron chi connectivity index (χ4n) is 2.87. The highest BCUT2D eigenvalue weighted by Gasteiger charge is 2.27. The first-order valence-electron chi connectivity index (χ1n) is 7.52. The Hall–Kier alpha value is -2.04. The number of carbonyl (C=O) groups is 1. The molecule has 0 saturated carbocycles. The maximum Gasteiger partial charge on any atom is 0.240 e. The number of carbonyl (C=O) groups excluding carboxylic acids is 1. The number of nitrogens with zero attached hydrogens (tertiary/aromatic N) is 1. The van der Waals surface area contributed by atoms with Crippen LogP contribution in [0.1, 0.15) is 16.7 Å². The highest BCUT2D eigenvalue weighted by molar-refractivity contribution is 6.31. The molecule has 3 rings (SSSR count). The fourth-order valence-corrected chi connectivity index (χ4v) is 3.12. The van der Waals surface area contributed by atoms with Crippen LogP contribution in [0.25, 0.3) is 0 Å². The van der Waals surface area contributed by atoms with Crippen molar-refractivity contribution in [3.63, 3.8) is 0 Å². The molecule has 1 unspecified atom stereocenters. The SMILES string of the molecule is COc1ccc(CC(N)C(=O)N2Cc3ccccc3C2)c(Cl)c1. The predicted molar refractivity (Wildman–Crippen MR) is 90.4 cm³/mol. The molecule has 0 radical (unpaired) electrons. The quantitative estimate of drug-likeness (QED) is 0.937. The maximum absolute atomic E-state index is 12.6. The van der Waals surface area contributed by atoms with Crippen LogP contribution in [-0.4, -0.2) is 24.0 Å². The summed E-state index contributed by atoms with van der Waals surface area (Å²) in [6.07, 6.45) is 0.411. The standard InChI is InChI=1S/C18H19ClN2O2/c1-23-15-7-6-12(16(19)9-15)8-17(20)18(22)21-10-13-4-2-3-5-14(13)11-21/h2-7,9,17H,8,10-11,20H2,1H3. The Kier molecular flexibility index (Phi) is 4.55. The Labute approximate surface area is 140 Å². The van der Waals surface area contributed by atoms with E-state index in [1.54, 1.807) is 18.1 Å². The Morgan fingerprint density at radius 3 is 2.48 bits per heavy atom. The van der Waals surface area contributed by atoms with Gasteiger partial charge in [0.05, 0.1) is 13.2 Å². The van der Waals surface area contributed by atoms with Gasteiger partial charge in [0.15, 0.2) is 0 Å². The molecule has 5 heteroatoms. The van der Waals surface area contributed by atoms with Crippen molar-refractivity contribution in [2.45, 2.75) is 25.6 Å². The molecule has 0 saturated heterocycles. The minimum absolute atomic E-state index is 0.0481. The van der Waals surface area contributed by atoms with E-state index >= 15 is 0 Å². The minimum atomic E-state index is -0.602. The van der Waals surface area contributed by atoms with E-state index in [-0.39, 0.29) is 5.91 Å². The van der Waals surface area contributed by atoms with E-state index < -0.39 is 6.04 Å². The van der Waals surface area contributed by atoms with E-state index in [0.717, 1.165) is 5.56 Å². The van der Waals surface area contributed by atoms with Crippen molar-refractivity contribution in [2.24, 2.45) is 5.73 Å². The minimum Gasteiger partial charge on any atom is -0.497 e. The molecule has 2 aromatic carbocycles. The van der Waals surface area contributed by atoms with Gasteiger partial charge < -0.3 is 15.4 Å². The van der Waals surface area contributed by atoms with Crippen LogP contribution >= 0.6 is 11.6 Å². The zero-order valence-electron chi connectivity index (χ0n) is 13.0. The molecular formula is C18H19ClN2O2. The number of amides is 1. The van der Waals surface area contributed by atoms with Gasteiger partial charge in [-0.1, -0.05) is 41.9 Å². The van der Waals surface area contributed by atoms with Crippen molar-refractivity contribution >= 4 is 17.5 Å². The molecule has 2 N–H and O–H groups in total. The Morgan fingerprint density at radius 2 is 1.91 bits per heavy atom. The van der Waals surface area contributed by atoms with Crippen LogP contribution in [0.3, 0.4) is 0 Å². The number of halogens is 1. The summed E-state index contributed by atoms with van der Waals surface area (Å²) in [5, 5.41) is 0.567. The summed E-state index contributed by atoms with van der Waals surface area (Å²) >= 11 is 6.23. The second-order valence-corrected chi connectivity index (χ2v) is 6.14. The van der Waals surface area contributed by atoms with Gasteiger partial charge in [0.2, 0.25) is 5.91 Å². The molecule has 1 amide bonds. The highest BCUT2D eigenvalue weighted by Crippen LogP contribution is 2.25. The van der Waals surface area contributed by atoms with Gasteiger partial charge in [0, 0.05) is 18.1 Å². The predicted octanol–water partition coefficient (Wildman–Crippen LogP) is 2.76. The van der Waals surface area contributed by atoms with E-state index in [9.17, 15) is 4.79 Å². The third kappa shape index (κ3) is 3.33. The molecular weight excluding hydrogens is 312 g/mol. The summed E-state index contributed by atoms with van der Waals surface area (Å²) in [6.45, 7) is 1.25. The Bertz CT molecular complexity index is 708. The molecule has 1 heterocycles. The van der Waals surface area contributed by atoms with Crippen molar-refractivity contribution in [1.29, 1.82) is 0 Å². The van der Waals surface area contributed by atoms with Crippen LogP contribution in [0.5, 0.6) is 5.75 Å². The summed E-state index contributed by atoms with van der Waals surface area (Å²) in [4.78, 5) is 14.4. The normalized spacial score (nSPS) is 14.5. The van der Waals surface area contributed by atoms with E-state index in [1.807, 2.05) is 24.3 Å². The third-order valence-corrected chi connectivity index (χ3v) is 4.52. The zero-order chi connectivity index (χ0) is 16.4. The molecule has 0 spiro atoms. The molecule has 0 fully saturated rings. The van der Waals surface area contributed by atoms with E-state index in [0.29, 0.717) is 30.3 Å². The number of nitrogens with two attached hydrogens (primary N) is 1. The highest BCUT2D eigenvalue weighted by atomic mass is 35.5. The molecule has 0 aromatic heterocycles. The Balaban J connectivity index is 1.67. The molecule has 120 valence electrons. The second kappa shape index (κ2) is 6.60. The Morgan fingerprint density at radius 1 is 1.26 bits per heavy atom. The van der Waals surface area contributed by atoms with Crippen LogP contribution in [0.15, 0.2) is 42.5 Å². The lowest BCUT2D eigenvalue weighted by atomic mass is 10.1. The smallest absolute Gasteiger partial charge is 0.240 e. The molecule has 23 heavy (non-hydrogen) atoms. The fraction of sp³-hybridized carbons (Fsp3) is 0.278. The number of methoxy groups -OCH3 is 1. The number of hydrogen-bond donors (Lipinski definition) is 1. The summed E-state index contributed by atoms with van der Waals surface area (Å²) in [5.41, 5.74) is 9.35.